The van der Waals surface area contributed by atoms with Crippen molar-refractivity contribution >= 4 is 40.0 Å². The lowest BCUT2D eigenvalue weighted by atomic mass is 10.0. The molecule has 0 fully saturated rings. The van der Waals surface area contributed by atoms with Gasteiger partial charge in [0, 0.05) is 6.07 Å². The first-order valence-electron chi connectivity index (χ1n) is 5.38. The van der Waals surface area contributed by atoms with Crippen molar-refractivity contribution < 1.29 is 18.8 Å². The van der Waals surface area contributed by atoms with Gasteiger partial charge in [-0.15, -0.1) is 12.4 Å². The number of ether oxygens (including phenoxy) is 1. The number of esters is 1. The van der Waals surface area contributed by atoms with Gasteiger partial charge < -0.3 is 10.5 Å². The molecule has 0 bridgehead atoms. The highest BCUT2D eigenvalue weighted by atomic mass is 79.9. The molecule has 0 spiro atoms. The summed E-state index contributed by atoms with van der Waals surface area (Å²) in [7, 11) is 0. The first-order chi connectivity index (χ1) is 8.88. The van der Waals surface area contributed by atoms with Gasteiger partial charge in [-0.2, -0.15) is 0 Å². The van der Waals surface area contributed by atoms with E-state index in [0.717, 1.165) is 6.07 Å². The molecular formula is C11H13BrClFN2O4. The Labute approximate surface area is 129 Å². The van der Waals surface area contributed by atoms with E-state index in [0.29, 0.717) is 0 Å². The van der Waals surface area contributed by atoms with Gasteiger partial charge in [-0.05, 0) is 34.5 Å². The summed E-state index contributed by atoms with van der Waals surface area (Å²) in [4.78, 5) is 21.3. The van der Waals surface area contributed by atoms with Crippen LogP contribution < -0.4 is 5.73 Å². The van der Waals surface area contributed by atoms with Crippen LogP contribution in [0.3, 0.4) is 0 Å². The lowest BCUT2D eigenvalue weighted by Gasteiger charge is -2.15. The number of nitrogens with zero attached hydrogens (tertiary/aromatic N) is 1. The Hall–Kier alpha value is -1.25. The lowest BCUT2D eigenvalue weighted by molar-refractivity contribution is -0.385. The maximum absolute atomic E-state index is 13.7. The smallest absolute Gasteiger partial charge is 0.342 e. The van der Waals surface area contributed by atoms with Gasteiger partial charge >= 0.3 is 5.97 Å². The second kappa shape index (κ2) is 8.13. The normalized spacial score (nSPS) is 13.0. The van der Waals surface area contributed by atoms with Crippen LogP contribution in [0.25, 0.3) is 0 Å². The van der Waals surface area contributed by atoms with Gasteiger partial charge in [0.1, 0.15) is 0 Å². The fraction of sp³-hybridized carbons (Fsp3) is 0.364. The van der Waals surface area contributed by atoms with Crippen LogP contribution in [0.5, 0.6) is 0 Å². The zero-order valence-electron chi connectivity index (χ0n) is 10.4. The van der Waals surface area contributed by atoms with E-state index >= 15 is 0 Å². The van der Waals surface area contributed by atoms with Crippen LogP contribution in [0, 0.1) is 10.1 Å². The molecule has 1 rings (SSSR count). The maximum Gasteiger partial charge on any atom is 0.342 e. The molecule has 2 N–H and O–H groups in total. The van der Waals surface area contributed by atoms with Gasteiger partial charge in [-0.25, -0.2) is 9.18 Å². The molecule has 0 amide bonds. The molecule has 6 nitrogen and oxygen atoms in total. The number of nitrogens with two attached hydrogens (primary N) is 1. The van der Waals surface area contributed by atoms with Crippen LogP contribution in [0.15, 0.2) is 22.7 Å². The number of rotatable bonds is 5. The molecule has 0 aliphatic heterocycles. The standard InChI is InChI=1S/C11H12BrFN2O4.ClH/c1-2-19-11(16)9(13)10(14)6-3-4-7(12)8(5-6)15(17)18;/h3-5,9-10H,2,14H2,1H3;1H/t9?,10-;/m1./s1. The van der Waals surface area contributed by atoms with Gasteiger partial charge in [0.15, 0.2) is 0 Å². The van der Waals surface area contributed by atoms with Gasteiger partial charge in [-0.3, -0.25) is 10.1 Å². The monoisotopic (exact) mass is 370 g/mol. The van der Waals surface area contributed by atoms with Crippen LogP contribution in [0.2, 0.25) is 0 Å². The Kier molecular flexibility index (Phi) is 7.62. The van der Waals surface area contributed by atoms with Gasteiger partial charge in [0.2, 0.25) is 6.17 Å². The lowest BCUT2D eigenvalue weighted by Crippen LogP contribution is -2.31. The largest absolute Gasteiger partial charge is 0.464 e. The van der Waals surface area contributed by atoms with Crippen molar-refractivity contribution in [3.63, 3.8) is 0 Å². The second-order valence-corrected chi connectivity index (χ2v) is 4.50. The summed E-state index contributed by atoms with van der Waals surface area (Å²) in [5, 5.41) is 10.8. The first kappa shape index (κ1) is 18.8. The van der Waals surface area contributed by atoms with Crippen molar-refractivity contribution in [1.29, 1.82) is 0 Å². The minimum atomic E-state index is -2.07. The number of hydrogen-bond acceptors (Lipinski definition) is 5. The third-order valence-electron chi connectivity index (χ3n) is 2.38. The molecule has 0 aromatic heterocycles. The summed E-state index contributed by atoms with van der Waals surface area (Å²) in [5.74, 6) is -1.08. The molecule has 9 heteroatoms. The topological polar surface area (TPSA) is 95.5 Å². The van der Waals surface area contributed by atoms with Crippen LogP contribution in [0.1, 0.15) is 18.5 Å². The molecule has 2 atom stereocenters. The number of carbonyl (C=O) groups is 1. The fourth-order valence-electron chi connectivity index (χ4n) is 1.41. The van der Waals surface area contributed by atoms with E-state index in [2.05, 4.69) is 20.7 Å². The SMILES string of the molecule is CCOC(=O)C(F)[C@H](N)c1ccc(Br)c([N+](=O)[O-])c1.Cl. The Morgan fingerprint density at radius 1 is 1.60 bits per heavy atom. The van der Waals surface area contributed by atoms with E-state index in [1.54, 1.807) is 6.92 Å². The molecule has 1 aromatic rings. The number of nitro benzene ring substituents is 1. The highest BCUT2D eigenvalue weighted by molar-refractivity contribution is 9.10. The van der Waals surface area contributed by atoms with Crippen LogP contribution >= 0.6 is 28.3 Å². The van der Waals surface area contributed by atoms with E-state index in [4.69, 9.17) is 5.73 Å². The van der Waals surface area contributed by atoms with Crippen molar-refractivity contribution in [2.75, 3.05) is 6.61 Å². The number of hydrogen-bond donors (Lipinski definition) is 1. The number of halogens is 3. The predicted molar refractivity (Wildman–Crippen MR) is 76.5 cm³/mol. The molecule has 112 valence electrons. The quantitative estimate of drug-likeness (QED) is 0.488. The first-order valence-corrected chi connectivity index (χ1v) is 6.18. The highest BCUT2D eigenvalue weighted by Gasteiger charge is 2.29. The molecule has 1 aromatic carbocycles. The predicted octanol–water partition coefficient (Wildman–Crippen LogP) is 2.68. The van der Waals surface area contributed by atoms with Gasteiger partial charge in [0.25, 0.3) is 5.69 Å². The van der Waals surface area contributed by atoms with E-state index < -0.39 is 23.1 Å². The summed E-state index contributed by atoms with van der Waals surface area (Å²) in [6, 6.07) is 2.60. The molecule has 0 saturated carbocycles. The molecule has 0 saturated heterocycles. The summed E-state index contributed by atoms with van der Waals surface area (Å²) in [6.07, 6.45) is -2.07. The van der Waals surface area contributed by atoms with Crippen molar-refractivity contribution in [1.82, 2.24) is 0 Å². The Balaban J connectivity index is 0.00000361. The number of benzene rings is 1. The van der Waals surface area contributed by atoms with Crippen LogP contribution in [0.4, 0.5) is 10.1 Å². The molecule has 1 unspecified atom stereocenters. The Morgan fingerprint density at radius 3 is 2.70 bits per heavy atom. The molecule has 0 aliphatic rings. The summed E-state index contributed by atoms with van der Waals surface area (Å²) >= 11 is 3.00. The zero-order valence-corrected chi connectivity index (χ0v) is 12.8. The van der Waals surface area contributed by atoms with Crippen molar-refractivity contribution in [3.05, 3.63) is 38.3 Å². The minimum Gasteiger partial charge on any atom is -0.464 e. The minimum absolute atomic E-state index is 0. The number of alkyl halides is 1. The van der Waals surface area contributed by atoms with E-state index in [1.807, 2.05) is 0 Å². The molecule has 20 heavy (non-hydrogen) atoms. The summed E-state index contributed by atoms with van der Waals surface area (Å²) < 4.78 is 18.5. The number of carbonyl (C=O) groups excluding carboxylic acids is 1. The van der Waals surface area contributed by atoms with Crippen molar-refractivity contribution in [2.45, 2.75) is 19.1 Å². The highest BCUT2D eigenvalue weighted by Crippen LogP contribution is 2.29. The van der Waals surface area contributed by atoms with E-state index in [-0.39, 0.29) is 34.7 Å². The molecule has 0 radical (unpaired) electrons. The van der Waals surface area contributed by atoms with Gasteiger partial charge in [0.05, 0.1) is 22.0 Å². The Morgan fingerprint density at radius 2 is 2.20 bits per heavy atom. The third kappa shape index (κ3) is 4.39. The summed E-state index contributed by atoms with van der Waals surface area (Å²) in [6.45, 7) is 1.58. The Bertz CT molecular complexity index is 503. The average molecular weight is 372 g/mol. The van der Waals surface area contributed by atoms with Crippen LogP contribution in [-0.4, -0.2) is 23.7 Å². The molecule has 0 aliphatic carbocycles. The maximum atomic E-state index is 13.7. The van der Waals surface area contributed by atoms with E-state index in [9.17, 15) is 19.3 Å². The van der Waals surface area contributed by atoms with Gasteiger partial charge in [-0.1, -0.05) is 6.07 Å². The average Bonchev–Trinajstić information content (AvgIpc) is 2.37. The fourth-order valence-corrected chi connectivity index (χ4v) is 1.81. The molecular weight excluding hydrogens is 358 g/mol. The van der Waals surface area contributed by atoms with E-state index in [1.165, 1.54) is 12.1 Å². The third-order valence-corrected chi connectivity index (χ3v) is 3.05. The zero-order chi connectivity index (χ0) is 14.6. The molecule has 0 heterocycles. The van der Waals surface area contributed by atoms with Crippen molar-refractivity contribution in [3.8, 4) is 0 Å². The summed E-state index contributed by atoms with van der Waals surface area (Å²) in [5.41, 5.74) is 5.48. The van der Waals surface area contributed by atoms with Crippen LogP contribution in [-0.2, 0) is 9.53 Å². The number of nitro groups is 1. The second-order valence-electron chi connectivity index (χ2n) is 3.65. The van der Waals surface area contributed by atoms with Crippen molar-refractivity contribution in [2.24, 2.45) is 5.73 Å².